The first-order valence-electron chi connectivity index (χ1n) is 8.35. The monoisotopic (exact) mass is 340 g/mol. The molecule has 2 aromatic carbocycles. The van der Waals surface area contributed by atoms with Crippen LogP contribution in [0.2, 0.25) is 0 Å². The number of nitrogens with one attached hydrogen (secondary N) is 1. The molecule has 0 radical (unpaired) electrons. The first kappa shape index (κ1) is 18.7. The number of rotatable bonds is 9. The molecular formula is C20H24N2O3. The number of ether oxygens (including phenoxy) is 1. The topological polar surface area (TPSA) is 58.6 Å². The molecule has 2 amide bonds. The maximum absolute atomic E-state index is 12.7. The zero-order valence-electron chi connectivity index (χ0n) is 14.5. The summed E-state index contributed by atoms with van der Waals surface area (Å²) in [5.41, 5.74) is 1.80. The molecule has 0 heterocycles. The molecule has 0 spiro atoms. The van der Waals surface area contributed by atoms with Crippen LogP contribution in [0.5, 0.6) is 0 Å². The van der Waals surface area contributed by atoms with Gasteiger partial charge in [0.2, 0.25) is 11.8 Å². The molecule has 5 nitrogen and oxygen atoms in total. The van der Waals surface area contributed by atoms with E-state index >= 15 is 0 Å². The Bertz CT molecular complexity index is 659. The van der Waals surface area contributed by atoms with E-state index in [-0.39, 0.29) is 18.2 Å². The molecule has 0 saturated carbocycles. The van der Waals surface area contributed by atoms with Crippen molar-refractivity contribution < 1.29 is 14.3 Å². The smallest absolute Gasteiger partial charge is 0.236 e. The Morgan fingerprint density at radius 3 is 2.28 bits per heavy atom. The molecule has 25 heavy (non-hydrogen) atoms. The Kier molecular flexibility index (Phi) is 7.66. The van der Waals surface area contributed by atoms with Gasteiger partial charge in [0, 0.05) is 25.9 Å². The van der Waals surface area contributed by atoms with Crippen molar-refractivity contribution in [3.05, 3.63) is 66.2 Å². The SMILES string of the molecule is COCCCNC(=O)CC(=O)N(Cc1ccccc1)c1ccccc1. The molecule has 0 unspecified atom stereocenters. The Labute approximate surface area is 148 Å². The molecule has 0 fully saturated rings. The lowest BCUT2D eigenvalue weighted by molar-refractivity contribution is -0.128. The quantitative estimate of drug-likeness (QED) is 0.564. The number of amides is 2. The highest BCUT2D eigenvalue weighted by molar-refractivity contribution is 6.04. The van der Waals surface area contributed by atoms with Gasteiger partial charge in [-0.05, 0) is 24.1 Å². The molecule has 0 aliphatic carbocycles. The molecule has 0 bridgehead atoms. The third-order valence-electron chi connectivity index (χ3n) is 3.71. The van der Waals surface area contributed by atoms with E-state index in [0.717, 1.165) is 17.7 Å². The minimum Gasteiger partial charge on any atom is -0.385 e. The predicted molar refractivity (Wildman–Crippen MR) is 98.2 cm³/mol. The molecule has 0 saturated heterocycles. The number of hydrogen-bond acceptors (Lipinski definition) is 3. The minimum absolute atomic E-state index is 0.172. The van der Waals surface area contributed by atoms with Crippen LogP contribution in [-0.2, 0) is 20.9 Å². The second kappa shape index (κ2) is 10.3. The number of carbonyl (C=O) groups excluding carboxylic acids is 2. The van der Waals surface area contributed by atoms with E-state index in [1.807, 2.05) is 60.7 Å². The average Bonchev–Trinajstić information content (AvgIpc) is 2.65. The first-order chi connectivity index (χ1) is 12.2. The van der Waals surface area contributed by atoms with E-state index in [1.54, 1.807) is 12.0 Å². The van der Waals surface area contributed by atoms with E-state index in [4.69, 9.17) is 4.74 Å². The van der Waals surface area contributed by atoms with Crippen molar-refractivity contribution in [3.8, 4) is 0 Å². The van der Waals surface area contributed by atoms with E-state index < -0.39 is 0 Å². The number of para-hydroxylation sites is 1. The van der Waals surface area contributed by atoms with Gasteiger partial charge in [0.15, 0.2) is 0 Å². The third kappa shape index (κ3) is 6.39. The Balaban J connectivity index is 2.02. The maximum atomic E-state index is 12.7. The lowest BCUT2D eigenvalue weighted by atomic mass is 10.2. The summed E-state index contributed by atoms with van der Waals surface area (Å²) >= 11 is 0. The van der Waals surface area contributed by atoms with Gasteiger partial charge in [-0.3, -0.25) is 9.59 Å². The summed E-state index contributed by atoms with van der Waals surface area (Å²) in [6.45, 7) is 1.52. The second-order valence-corrected chi connectivity index (χ2v) is 5.67. The zero-order chi connectivity index (χ0) is 17.9. The number of nitrogens with zero attached hydrogens (tertiary/aromatic N) is 1. The Hall–Kier alpha value is -2.66. The van der Waals surface area contributed by atoms with Crippen LogP contribution in [0, 0.1) is 0 Å². The summed E-state index contributed by atoms with van der Waals surface area (Å²) in [5, 5.41) is 2.75. The number of hydrogen-bond donors (Lipinski definition) is 1. The molecule has 1 N–H and O–H groups in total. The van der Waals surface area contributed by atoms with Crippen LogP contribution in [0.1, 0.15) is 18.4 Å². The lowest BCUT2D eigenvalue weighted by Crippen LogP contribution is -2.36. The van der Waals surface area contributed by atoms with E-state index in [2.05, 4.69) is 5.32 Å². The number of carbonyl (C=O) groups is 2. The Morgan fingerprint density at radius 1 is 1.00 bits per heavy atom. The first-order valence-corrected chi connectivity index (χ1v) is 8.35. The molecule has 5 heteroatoms. The highest BCUT2D eigenvalue weighted by Crippen LogP contribution is 2.18. The summed E-state index contributed by atoms with van der Waals surface area (Å²) in [5.74, 6) is -0.491. The molecule has 2 rings (SSSR count). The van der Waals surface area contributed by atoms with Crippen LogP contribution in [0.4, 0.5) is 5.69 Å². The fourth-order valence-corrected chi connectivity index (χ4v) is 2.44. The maximum Gasteiger partial charge on any atom is 0.236 e. The van der Waals surface area contributed by atoms with Crippen molar-refractivity contribution in [2.45, 2.75) is 19.4 Å². The molecule has 2 aromatic rings. The summed E-state index contributed by atoms with van der Waals surface area (Å²) in [6, 6.07) is 19.1. The van der Waals surface area contributed by atoms with E-state index in [9.17, 15) is 9.59 Å². The largest absolute Gasteiger partial charge is 0.385 e. The predicted octanol–water partition coefficient (Wildman–Crippen LogP) is 2.76. The molecule has 0 aromatic heterocycles. The van der Waals surface area contributed by atoms with E-state index in [0.29, 0.717) is 19.7 Å². The van der Waals surface area contributed by atoms with Gasteiger partial charge in [-0.15, -0.1) is 0 Å². The van der Waals surface area contributed by atoms with Crippen molar-refractivity contribution in [2.75, 3.05) is 25.2 Å². The standard InChI is InChI=1S/C20H24N2O3/c1-25-14-8-13-21-19(23)15-20(24)22(18-11-6-3-7-12-18)16-17-9-4-2-5-10-17/h2-7,9-12H,8,13-16H2,1H3,(H,21,23). The van der Waals surface area contributed by atoms with E-state index in [1.165, 1.54) is 0 Å². The molecule has 0 aliphatic rings. The summed E-state index contributed by atoms with van der Waals surface area (Å²) in [7, 11) is 1.62. The van der Waals surface area contributed by atoms with Gasteiger partial charge >= 0.3 is 0 Å². The molecule has 132 valence electrons. The van der Waals surface area contributed by atoms with Crippen LogP contribution >= 0.6 is 0 Å². The van der Waals surface area contributed by atoms with Gasteiger partial charge < -0.3 is 15.0 Å². The van der Waals surface area contributed by atoms with Gasteiger partial charge in [0.05, 0.1) is 6.54 Å². The van der Waals surface area contributed by atoms with Gasteiger partial charge in [-0.25, -0.2) is 0 Å². The average molecular weight is 340 g/mol. The van der Waals surface area contributed by atoms with Gasteiger partial charge in [0.25, 0.3) is 0 Å². The minimum atomic E-state index is -0.268. The zero-order valence-corrected chi connectivity index (χ0v) is 14.5. The Morgan fingerprint density at radius 2 is 1.64 bits per heavy atom. The number of benzene rings is 2. The molecule has 0 atom stereocenters. The highest BCUT2D eigenvalue weighted by atomic mass is 16.5. The third-order valence-corrected chi connectivity index (χ3v) is 3.71. The van der Waals surface area contributed by atoms with Crippen LogP contribution < -0.4 is 10.2 Å². The van der Waals surface area contributed by atoms with Crippen molar-refractivity contribution >= 4 is 17.5 Å². The number of anilines is 1. The molecule has 0 aliphatic heterocycles. The van der Waals surface area contributed by atoms with Gasteiger partial charge in [-0.1, -0.05) is 48.5 Å². The normalized spacial score (nSPS) is 10.3. The summed E-state index contributed by atoms with van der Waals surface area (Å²) < 4.78 is 4.94. The number of methoxy groups -OCH3 is 1. The van der Waals surface area contributed by atoms with Crippen molar-refractivity contribution in [1.82, 2.24) is 5.32 Å². The van der Waals surface area contributed by atoms with Gasteiger partial charge in [-0.2, -0.15) is 0 Å². The van der Waals surface area contributed by atoms with Crippen LogP contribution in [-0.4, -0.2) is 32.1 Å². The highest BCUT2D eigenvalue weighted by Gasteiger charge is 2.19. The van der Waals surface area contributed by atoms with Gasteiger partial charge in [0.1, 0.15) is 6.42 Å². The molecular weight excluding hydrogens is 316 g/mol. The fourth-order valence-electron chi connectivity index (χ4n) is 2.44. The van der Waals surface area contributed by atoms with Crippen molar-refractivity contribution in [1.29, 1.82) is 0 Å². The van der Waals surface area contributed by atoms with Crippen LogP contribution in [0.3, 0.4) is 0 Å². The summed E-state index contributed by atoms with van der Waals surface area (Å²) in [4.78, 5) is 26.3. The fraction of sp³-hybridized carbons (Fsp3) is 0.300. The van der Waals surface area contributed by atoms with Crippen LogP contribution in [0.15, 0.2) is 60.7 Å². The van der Waals surface area contributed by atoms with Crippen LogP contribution in [0.25, 0.3) is 0 Å². The second-order valence-electron chi connectivity index (χ2n) is 5.67. The van der Waals surface area contributed by atoms with Crippen molar-refractivity contribution in [3.63, 3.8) is 0 Å². The summed E-state index contributed by atoms with van der Waals surface area (Å²) in [6.07, 6.45) is 0.553. The van der Waals surface area contributed by atoms with Crippen molar-refractivity contribution in [2.24, 2.45) is 0 Å². The lowest BCUT2D eigenvalue weighted by Gasteiger charge is -2.23.